The van der Waals surface area contributed by atoms with Gasteiger partial charge in [0.2, 0.25) is 0 Å². The van der Waals surface area contributed by atoms with E-state index in [1.165, 1.54) is 0 Å². The van der Waals surface area contributed by atoms with E-state index >= 15 is 0 Å². The molecule has 0 amide bonds. The monoisotopic (exact) mass is 361 g/mol. The zero-order valence-electron chi connectivity index (χ0n) is 19.0. The van der Waals surface area contributed by atoms with Gasteiger partial charge in [0, 0.05) is 17.0 Å². The summed E-state index contributed by atoms with van der Waals surface area (Å²) in [7, 11) is 0. The van der Waals surface area contributed by atoms with Gasteiger partial charge in [0.1, 0.15) is 0 Å². The molecule has 0 radical (unpaired) electrons. The molecule has 0 bridgehead atoms. The van der Waals surface area contributed by atoms with Crippen molar-refractivity contribution in [3.05, 3.63) is 29.8 Å². The first-order valence-electron chi connectivity index (χ1n) is 9.42. The van der Waals surface area contributed by atoms with Crippen molar-refractivity contribution in [3.63, 3.8) is 0 Å². The molecule has 0 saturated carbocycles. The minimum Gasteiger partial charge on any atom is -0.267 e. The molecule has 0 N–H and O–H groups in total. The molecule has 5 heteroatoms. The van der Waals surface area contributed by atoms with Gasteiger partial charge < -0.3 is 0 Å². The van der Waals surface area contributed by atoms with Gasteiger partial charge in [0.15, 0.2) is 0 Å². The van der Waals surface area contributed by atoms with Crippen molar-refractivity contribution in [1.82, 2.24) is 24.8 Å². The molecule has 5 nitrogen and oxygen atoms in total. The van der Waals surface area contributed by atoms with Gasteiger partial charge in [-0.2, -0.15) is 20.1 Å². The van der Waals surface area contributed by atoms with Crippen LogP contribution in [0, 0.1) is 0 Å². The van der Waals surface area contributed by atoms with Crippen molar-refractivity contribution in [2.45, 2.75) is 105 Å². The smallest absolute Gasteiger partial charge is 0.0880 e. The number of nitrogens with zero attached hydrogens (tertiary/aromatic N) is 5. The van der Waals surface area contributed by atoms with E-state index in [1.807, 2.05) is 10.9 Å². The van der Waals surface area contributed by atoms with E-state index < -0.39 is 0 Å². The zero-order chi connectivity index (χ0) is 20.6. The molecule has 0 spiro atoms. The summed E-state index contributed by atoms with van der Waals surface area (Å²) in [5.41, 5.74) is 2.50. The number of hydrogen-bond donors (Lipinski definition) is 0. The second-order valence-corrected chi connectivity index (χ2v) is 11.0. The lowest BCUT2D eigenvalue weighted by Crippen LogP contribution is -2.25. The molecular weight excluding hydrogens is 322 g/mol. The van der Waals surface area contributed by atoms with Crippen molar-refractivity contribution in [1.29, 1.82) is 0 Å². The molecule has 0 aromatic carbocycles. The summed E-state index contributed by atoms with van der Waals surface area (Å²) in [6.07, 6.45) is 3.91. The van der Waals surface area contributed by atoms with Crippen LogP contribution in [0.2, 0.25) is 0 Å². The van der Waals surface area contributed by atoms with Crippen LogP contribution in [0.3, 0.4) is 0 Å². The fraction of sp³-hybridized carbons (Fsp3) is 0.762. The van der Waals surface area contributed by atoms with Crippen molar-refractivity contribution < 1.29 is 0 Å². The van der Waals surface area contributed by atoms with Crippen LogP contribution >= 0.6 is 0 Å². The molecule has 0 saturated heterocycles. The van der Waals surface area contributed by atoms with Gasteiger partial charge in [-0.25, -0.2) is 0 Å². The van der Waals surface area contributed by atoms with Crippen LogP contribution in [0.25, 0.3) is 0 Å². The fourth-order valence-corrected chi connectivity index (χ4v) is 2.03. The van der Waals surface area contributed by atoms with Gasteiger partial charge in [-0.05, 0) is 47.6 Å². The molecule has 2 aromatic rings. The third kappa shape index (κ3) is 6.26. The second-order valence-electron chi connectivity index (χ2n) is 11.0. The Morgan fingerprint density at radius 1 is 0.654 bits per heavy atom. The Kier molecular flexibility index (Phi) is 6.17. The summed E-state index contributed by atoms with van der Waals surface area (Å²) in [6, 6.07) is 2.10. The number of aromatic nitrogens is 5. The third-order valence-electron chi connectivity index (χ3n) is 3.91. The van der Waals surface area contributed by atoms with Crippen LogP contribution in [-0.2, 0) is 21.9 Å². The second kappa shape index (κ2) is 7.16. The normalized spacial score (nSPS) is 13.4. The highest BCUT2D eigenvalue weighted by molar-refractivity contribution is 5.11. The number of hydrogen-bond acceptors (Lipinski definition) is 3. The van der Waals surface area contributed by atoms with E-state index in [1.54, 1.807) is 4.80 Å². The van der Waals surface area contributed by atoms with E-state index in [0.29, 0.717) is 0 Å². The van der Waals surface area contributed by atoms with E-state index in [9.17, 15) is 0 Å². The van der Waals surface area contributed by atoms with Crippen LogP contribution in [0.15, 0.2) is 18.5 Å². The predicted octanol–water partition coefficient (Wildman–Crippen LogP) is 5.27. The maximum absolute atomic E-state index is 4.57. The molecule has 2 aromatic heterocycles. The SMILES string of the molecule is CC(C)(C)c1ccn(C(C)(C)C)n1.CC(C)(C)c1cnn(C(C)(C)C)n1. The predicted molar refractivity (Wildman–Crippen MR) is 110 cm³/mol. The minimum atomic E-state index is -0.0243. The van der Waals surface area contributed by atoms with Crippen molar-refractivity contribution in [2.24, 2.45) is 0 Å². The molecule has 2 heterocycles. The average Bonchev–Trinajstić information content (AvgIpc) is 3.06. The summed E-state index contributed by atoms with van der Waals surface area (Å²) in [5.74, 6) is 0. The average molecular weight is 362 g/mol. The maximum Gasteiger partial charge on any atom is 0.0880 e. The summed E-state index contributed by atoms with van der Waals surface area (Å²) in [5, 5.41) is 13.3. The van der Waals surface area contributed by atoms with Crippen LogP contribution in [-0.4, -0.2) is 24.8 Å². The van der Waals surface area contributed by atoms with E-state index in [-0.39, 0.29) is 21.9 Å². The van der Waals surface area contributed by atoms with Crippen LogP contribution < -0.4 is 0 Å². The molecule has 0 aliphatic heterocycles. The van der Waals surface area contributed by atoms with Crippen molar-refractivity contribution in [3.8, 4) is 0 Å². The van der Waals surface area contributed by atoms with Crippen LogP contribution in [0.5, 0.6) is 0 Å². The summed E-state index contributed by atoms with van der Waals surface area (Å²) in [6.45, 7) is 25.7. The zero-order valence-corrected chi connectivity index (χ0v) is 19.0. The largest absolute Gasteiger partial charge is 0.267 e. The minimum absolute atomic E-state index is 0.0243. The lowest BCUT2D eigenvalue weighted by Gasteiger charge is -2.20. The Hall–Kier alpha value is -1.65. The standard InChI is InChI=1S/C11H20N2.C10H19N3/c1-10(2,3)9-7-8-13(12-9)11(4,5)6;1-9(2,3)8-7-11-13(12-8)10(4,5)6/h7-8H,1-6H3;7H,1-6H3. The molecule has 0 atom stereocenters. The number of rotatable bonds is 0. The highest BCUT2D eigenvalue weighted by Crippen LogP contribution is 2.22. The van der Waals surface area contributed by atoms with E-state index in [4.69, 9.17) is 0 Å². The first-order valence-corrected chi connectivity index (χ1v) is 9.42. The van der Waals surface area contributed by atoms with Gasteiger partial charge in [-0.15, -0.1) is 0 Å². The van der Waals surface area contributed by atoms with E-state index in [0.717, 1.165) is 11.4 Å². The van der Waals surface area contributed by atoms with Crippen LogP contribution in [0.4, 0.5) is 0 Å². The summed E-state index contributed by atoms with van der Waals surface area (Å²) in [4.78, 5) is 1.77. The van der Waals surface area contributed by atoms with Gasteiger partial charge in [0.25, 0.3) is 0 Å². The molecule has 0 aliphatic rings. The fourth-order valence-electron chi connectivity index (χ4n) is 2.03. The molecule has 0 fully saturated rings. The van der Waals surface area contributed by atoms with Crippen molar-refractivity contribution in [2.75, 3.05) is 0 Å². The van der Waals surface area contributed by atoms with Crippen molar-refractivity contribution >= 4 is 0 Å². The van der Waals surface area contributed by atoms with Gasteiger partial charge in [-0.1, -0.05) is 41.5 Å². The highest BCUT2D eigenvalue weighted by Gasteiger charge is 2.22. The molecule has 0 aliphatic carbocycles. The first-order chi connectivity index (χ1) is 11.4. The molecule has 148 valence electrons. The Labute approximate surface area is 160 Å². The topological polar surface area (TPSA) is 48.5 Å². The lowest BCUT2D eigenvalue weighted by atomic mass is 9.93. The Bertz CT molecular complexity index is 575. The Morgan fingerprint density at radius 2 is 1.15 bits per heavy atom. The maximum atomic E-state index is 4.57. The quantitative estimate of drug-likeness (QED) is 0.642. The summed E-state index contributed by atoms with van der Waals surface area (Å²) < 4.78 is 2.02. The van der Waals surface area contributed by atoms with E-state index in [2.05, 4.69) is 111 Å². The van der Waals surface area contributed by atoms with Gasteiger partial charge in [-0.3, -0.25) is 4.68 Å². The molecule has 2 rings (SSSR count). The molecular formula is C21H39N5. The molecule has 0 unspecified atom stereocenters. The third-order valence-corrected chi connectivity index (χ3v) is 3.91. The lowest BCUT2D eigenvalue weighted by molar-refractivity contribution is 0.308. The van der Waals surface area contributed by atoms with Crippen LogP contribution in [0.1, 0.15) is 94.5 Å². The molecule has 26 heavy (non-hydrogen) atoms. The summed E-state index contributed by atoms with van der Waals surface area (Å²) >= 11 is 0. The Balaban J connectivity index is 0.000000260. The Morgan fingerprint density at radius 3 is 1.38 bits per heavy atom. The first kappa shape index (κ1) is 22.4. The van der Waals surface area contributed by atoms with Gasteiger partial charge in [0.05, 0.1) is 28.7 Å². The highest BCUT2D eigenvalue weighted by atomic mass is 15.5. The van der Waals surface area contributed by atoms with Gasteiger partial charge >= 0.3 is 0 Å².